The van der Waals surface area contributed by atoms with Gasteiger partial charge >= 0.3 is 0 Å². The van der Waals surface area contributed by atoms with Crippen molar-refractivity contribution in [1.82, 2.24) is 15.0 Å². The summed E-state index contributed by atoms with van der Waals surface area (Å²) in [5.41, 5.74) is 1.10. The molecule has 0 N–H and O–H groups in total. The number of methoxy groups -OCH3 is 1. The van der Waals surface area contributed by atoms with Crippen molar-refractivity contribution in [3.63, 3.8) is 0 Å². The summed E-state index contributed by atoms with van der Waals surface area (Å²) in [6.07, 6.45) is 2.20. The fourth-order valence-corrected chi connectivity index (χ4v) is 4.37. The van der Waals surface area contributed by atoms with Gasteiger partial charge in [-0.2, -0.15) is 16.3 Å². The van der Waals surface area contributed by atoms with E-state index in [1.165, 1.54) is 23.5 Å². The summed E-state index contributed by atoms with van der Waals surface area (Å²) in [5.74, 6) is 0.740. The van der Waals surface area contributed by atoms with Crippen LogP contribution in [0.15, 0.2) is 45.6 Å². The molecule has 1 aromatic carbocycles. The van der Waals surface area contributed by atoms with Crippen molar-refractivity contribution >= 4 is 17.2 Å². The van der Waals surface area contributed by atoms with Gasteiger partial charge in [-0.3, -0.25) is 4.79 Å². The molecule has 1 amide bonds. The molecule has 4 rings (SSSR count). The minimum Gasteiger partial charge on any atom is -0.385 e. The maximum absolute atomic E-state index is 13.2. The topological polar surface area (TPSA) is 68.5 Å². The standard InChI is InChI=1S/C21H22FN3O3S/c1-27-12-9-21(7-10-25(11-8-21)19(26)16-6-13-29-14-16)20-23-18(28-24-20)15-2-4-17(22)5-3-15/h2-6,13-14H,7-12H2,1H3. The number of likely N-dealkylation sites (tertiary alicyclic amines) is 1. The fraction of sp³-hybridized carbons (Fsp3) is 0.381. The Bertz CT molecular complexity index is 948. The van der Waals surface area contributed by atoms with Crippen LogP contribution in [0.4, 0.5) is 4.39 Å². The van der Waals surface area contributed by atoms with Crippen molar-refractivity contribution in [3.8, 4) is 11.5 Å². The van der Waals surface area contributed by atoms with Crippen molar-refractivity contribution in [3.05, 3.63) is 58.3 Å². The van der Waals surface area contributed by atoms with Crippen LogP contribution in [-0.2, 0) is 10.2 Å². The number of rotatable bonds is 6. The van der Waals surface area contributed by atoms with E-state index in [0.29, 0.717) is 37.0 Å². The first-order valence-corrected chi connectivity index (χ1v) is 10.5. The van der Waals surface area contributed by atoms with E-state index in [1.54, 1.807) is 19.2 Å². The molecule has 3 heterocycles. The Morgan fingerprint density at radius 3 is 2.69 bits per heavy atom. The monoisotopic (exact) mass is 415 g/mol. The van der Waals surface area contributed by atoms with Gasteiger partial charge in [0, 0.05) is 43.2 Å². The molecule has 8 heteroatoms. The molecule has 0 atom stereocenters. The van der Waals surface area contributed by atoms with Crippen molar-refractivity contribution in [1.29, 1.82) is 0 Å². The summed E-state index contributed by atoms with van der Waals surface area (Å²) in [7, 11) is 1.67. The van der Waals surface area contributed by atoms with Gasteiger partial charge in [0.25, 0.3) is 11.8 Å². The van der Waals surface area contributed by atoms with Gasteiger partial charge in [-0.05, 0) is 55.0 Å². The number of benzene rings is 1. The Labute approximate surface area is 172 Å². The fourth-order valence-electron chi connectivity index (χ4n) is 3.74. The molecule has 0 radical (unpaired) electrons. The lowest BCUT2D eigenvalue weighted by atomic mass is 9.75. The van der Waals surface area contributed by atoms with Gasteiger partial charge in [0.15, 0.2) is 5.82 Å². The minimum atomic E-state index is -0.316. The quantitative estimate of drug-likeness (QED) is 0.605. The van der Waals surface area contributed by atoms with Gasteiger partial charge in [-0.25, -0.2) is 4.39 Å². The highest BCUT2D eigenvalue weighted by molar-refractivity contribution is 7.08. The number of carbonyl (C=O) groups excluding carboxylic acids is 1. The Morgan fingerprint density at radius 2 is 2.03 bits per heavy atom. The predicted molar refractivity (Wildman–Crippen MR) is 107 cm³/mol. The number of piperidine rings is 1. The van der Waals surface area contributed by atoms with Crippen molar-refractivity contribution < 1.29 is 18.4 Å². The zero-order valence-electron chi connectivity index (χ0n) is 16.1. The largest absolute Gasteiger partial charge is 0.385 e. The molecule has 1 saturated heterocycles. The van der Waals surface area contributed by atoms with Gasteiger partial charge in [-0.15, -0.1) is 0 Å². The third kappa shape index (κ3) is 4.09. The first kappa shape index (κ1) is 19.7. The average Bonchev–Trinajstić information content (AvgIpc) is 3.45. The SMILES string of the molecule is COCCC1(c2noc(-c3ccc(F)cc3)n2)CCN(C(=O)c2ccsc2)CC1. The highest BCUT2D eigenvalue weighted by atomic mass is 32.1. The Balaban J connectivity index is 1.54. The zero-order valence-corrected chi connectivity index (χ0v) is 17.0. The number of carbonyl (C=O) groups is 1. The van der Waals surface area contributed by atoms with Crippen LogP contribution < -0.4 is 0 Å². The van der Waals surface area contributed by atoms with Crippen LogP contribution >= 0.6 is 11.3 Å². The Morgan fingerprint density at radius 1 is 1.28 bits per heavy atom. The van der Waals surface area contributed by atoms with Crippen LogP contribution in [-0.4, -0.2) is 47.8 Å². The third-order valence-corrected chi connectivity index (χ3v) is 6.24. The lowest BCUT2D eigenvalue weighted by molar-refractivity contribution is 0.0616. The molecule has 0 unspecified atom stereocenters. The molecule has 29 heavy (non-hydrogen) atoms. The molecular weight excluding hydrogens is 393 g/mol. The number of halogens is 1. The molecule has 3 aromatic rings. The summed E-state index contributed by atoms with van der Waals surface area (Å²) in [5, 5.41) is 8.04. The molecule has 0 saturated carbocycles. The molecule has 2 aromatic heterocycles. The molecule has 152 valence electrons. The second-order valence-corrected chi connectivity index (χ2v) is 8.04. The summed E-state index contributed by atoms with van der Waals surface area (Å²) in [6.45, 7) is 1.82. The summed E-state index contributed by atoms with van der Waals surface area (Å²) >= 11 is 1.52. The van der Waals surface area contributed by atoms with Crippen LogP contribution in [0, 0.1) is 5.82 Å². The number of amides is 1. The van der Waals surface area contributed by atoms with E-state index in [2.05, 4.69) is 10.1 Å². The van der Waals surface area contributed by atoms with Gasteiger partial charge in [-0.1, -0.05) is 5.16 Å². The molecule has 1 fully saturated rings. The van der Waals surface area contributed by atoms with E-state index in [-0.39, 0.29) is 17.1 Å². The molecule has 6 nitrogen and oxygen atoms in total. The second kappa shape index (κ2) is 8.42. The van der Waals surface area contributed by atoms with Crippen LogP contribution in [0.25, 0.3) is 11.5 Å². The summed E-state index contributed by atoms with van der Waals surface area (Å²) in [6, 6.07) is 7.84. The number of aromatic nitrogens is 2. The lowest BCUT2D eigenvalue weighted by Gasteiger charge is -2.39. The van der Waals surface area contributed by atoms with E-state index >= 15 is 0 Å². The van der Waals surface area contributed by atoms with Gasteiger partial charge in [0.05, 0.1) is 5.56 Å². The highest BCUT2D eigenvalue weighted by Crippen LogP contribution is 2.38. The van der Waals surface area contributed by atoms with Crippen LogP contribution in [0.1, 0.15) is 35.4 Å². The molecule has 0 bridgehead atoms. The average molecular weight is 415 g/mol. The van der Waals surface area contributed by atoms with E-state index in [1.807, 2.05) is 21.7 Å². The zero-order chi connectivity index (χ0) is 20.3. The molecule has 0 spiro atoms. The number of hydrogen-bond donors (Lipinski definition) is 0. The smallest absolute Gasteiger partial charge is 0.257 e. The highest BCUT2D eigenvalue weighted by Gasteiger charge is 2.41. The minimum absolute atomic E-state index is 0.0618. The predicted octanol–water partition coefficient (Wildman–Crippen LogP) is 4.15. The van der Waals surface area contributed by atoms with Gasteiger partial charge < -0.3 is 14.2 Å². The maximum atomic E-state index is 13.2. The summed E-state index contributed by atoms with van der Waals surface area (Å²) in [4.78, 5) is 19.2. The number of hydrogen-bond acceptors (Lipinski definition) is 6. The first-order chi connectivity index (χ1) is 14.1. The van der Waals surface area contributed by atoms with E-state index in [9.17, 15) is 9.18 Å². The maximum Gasteiger partial charge on any atom is 0.257 e. The van der Waals surface area contributed by atoms with E-state index < -0.39 is 0 Å². The second-order valence-electron chi connectivity index (χ2n) is 7.26. The molecule has 1 aliphatic heterocycles. The number of thiophene rings is 1. The number of ether oxygens (including phenoxy) is 1. The first-order valence-electron chi connectivity index (χ1n) is 9.52. The lowest BCUT2D eigenvalue weighted by Crippen LogP contribution is -2.46. The van der Waals surface area contributed by atoms with Crippen LogP contribution in [0.3, 0.4) is 0 Å². The van der Waals surface area contributed by atoms with E-state index in [0.717, 1.165) is 24.8 Å². The summed E-state index contributed by atoms with van der Waals surface area (Å²) < 4.78 is 24.0. The van der Waals surface area contributed by atoms with Gasteiger partial charge in [0.2, 0.25) is 0 Å². The Kier molecular flexibility index (Phi) is 5.73. The van der Waals surface area contributed by atoms with Gasteiger partial charge in [0.1, 0.15) is 5.82 Å². The van der Waals surface area contributed by atoms with Crippen LogP contribution in [0.2, 0.25) is 0 Å². The number of nitrogens with zero attached hydrogens (tertiary/aromatic N) is 3. The third-order valence-electron chi connectivity index (χ3n) is 5.55. The van der Waals surface area contributed by atoms with E-state index in [4.69, 9.17) is 9.26 Å². The van der Waals surface area contributed by atoms with Crippen molar-refractivity contribution in [2.24, 2.45) is 0 Å². The molecule has 1 aliphatic rings. The molecular formula is C21H22FN3O3S. The Hall–Kier alpha value is -2.58. The normalized spacial score (nSPS) is 16.1. The van der Waals surface area contributed by atoms with Crippen molar-refractivity contribution in [2.75, 3.05) is 26.8 Å². The van der Waals surface area contributed by atoms with Crippen molar-refractivity contribution in [2.45, 2.75) is 24.7 Å². The molecule has 0 aliphatic carbocycles. The van der Waals surface area contributed by atoms with Crippen LogP contribution in [0.5, 0.6) is 0 Å².